The largest absolute Gasteiger partial charge is 0.505 e. The molecule has 2 rings (SSSR count). The van der Waals surface area contributed by atoms with Gasteiger partial charge in [0.15, 0.2) is 5.75 Å². The molecule has 0 fully saturated rings. The maximum atomic E-state index is 11.3. The standard InChI is InChI=1S/C8H6N2O3S/c9-7(12)4-5(11)6-3(1-2-14-6)10-8(4)13/h1-2H,(H2,9,12)(H2,10,11,13). The number of H-pyrrole nitrogens is 1. The number of pyridine rings is 1. The summed E-state index contributed by atoms with van der Waals surface area (Å²) in [5, 5.41) is 11.3. The molecule has 6 heteroatoms. The zero-order chi connectivity index (χ0) is 10.3. The minimum Gasteiger partial charge on any atom is -0.505 e. The van der Waals surface area contributed by atoms with Gasteiger partial charge in [-0.25, -0.2) is 0 Å². The van der Waals surface area contributed by atoms with Crippen molar-refractivity contribution in [2.45, 2.75) is 0 Å². The third-order valence-corrected chi connectivity index (χ3v) is 2.76. The van der Waals surface area contributed by atoms with Gasteiger partial charge in [0.25, 0.3) is 11.5 Å². The first-order chi connectivity index (χ1) is 6.61. The summed E-state index contributed by atoms with van der Waals surface area (Å²) >= 11 is 1.23. The second-order valence-electron chi connectivity index (χ2n) is 2.71. The summed E-state index contributed by atoms with van der Waals surface area (Å²) in [5.74, 6) is -1.27. The van der Waals surface area contributed by atoms with E-state index in [1.165, 1.54) is 11.3 Å². The molecule has 0 spiro atoms. The van der Waals surface area contributed by atoms with Gasteiger partial charge in [-0.3, -0.25) is 9.59 Å². The summed E-state index contributed by atoms with van der Waals surface area (Å²) < 4.78 is 0.457. The highest BCUT2D eigenvalue weighted by molar-refractivity contribution is 7.17. The van der Waals surface area contributed by atoms with Gasteiger partial charge in [-0.2, -0.15) is 0 Å². The van der Waals surface area contributed by atoms with Gasteiger partial charge in [-0.1, -0.05) is 0 Å². The molecule has 0 unspecified atom stereocenters. The molecule has 2 heterocycles. The molecule has 0 atom stereocenters. The van der Waals surface area contributed by atoms with Gasteiger partial charge in [0.1, 0.15) is 5.56 Å². The monoisotopic (exact) mass is 210 g/mol. The molecule has 0 saturated carbocycles. The van der Waals surface area contributed by atoms with E-state index < -0.39 is 11.5 Å². The second-order valence-corrected chi connectivity index (χ2v) is 3.62. The molecule has 0 aromatic carbocycles. The summed E-state index contributed by atoms with van der Waals surface area (Å²) in [6, 6.07) is 1.64. The van der Waals surface area contributed by atoms with E-state index in [-0.39, 0.29) is 11.3 Å². The van der Waals surface area contributed by atoms with E-state index in [0.717, 1.165) is 0 Å². The van der Waals surface area contributed by atoms with Gasteiger partial charge in [0.2, 0.25) is 0 Å². The molecule has 1 amide bonds. The van der Waals surface area contributed by atoms with E-state index in [1.807, 2.05) is 0 Å². The zero-order valence-corrected chi connectivity index (χ0v) is 7.72. The van der Waals surface area contributed by atoms with Crippen molar-refractivity contribution in [3.63, 3.8) is 0 Å². The van der Waals surface area contributed by atoms with Crippen molar-refractivity contribution in [3.8, 4) is 5.75 Å². The van der Waals surface area contributed by atoms with Crippen LogP contribution in [0, 0.1) is 0 Å². The number of aromatic nitrogens is 1. The molecule has 2 aromatic rings. The Labute approximate surface area is 81.8 Å². The summed E-state index contributed by atoms with van der Waals surface area (Å²) in [4.78, 5) is 24.6. The van der Waals surface area contributed by atoms with E-state index >= 15 is 0 Å². The molecule has 0 aliphatic carbocycles. The number of nitrogens with one attached hydrogen (secondary N) is 1. The van der Waals surface area contributed by atoms with Crippen molar-refractivity contribution in [2.75, 3.05) is 0 Å². The van der Waals surface area contributed by atoms with Crippen molar-refractivity contribution in [1.82, 2.24) is 4.98 Å². The number of hydrogen-bond acceptors (Lipinski definition) is 4. The predicted molar refractivity (Wildman–Crippen MR) is 52.6 cm³/mol. The van der Waals surface area contributed by atoms with Gasteiger partial charge in [-0.05, 0) is 11.4 Å². The van der Waals surface area contributed by atoms with Crippen molar-refractivity contribution in [1.29, 1.82) is 0 Å². The number of aromatic hydroxyl groups is 1. The molecule has 14 heavy (non-hydrogen) atoms. The zero-order valence-electron chi connectivity index (χ0n) is 6.90. The molecule has 0 bridgehead atoms. The minimum atomic E-state index is -0.931. The fourth-order valence-electron chi connectivity index (χ4n) is 1.23. The van der Waals surface area contributed by atoms with Crippen LogP contribution in [0.1, 0.15) is 10.4 Å². The summed E-state index contributed by atoms with van der Waals surface area (Å²) in [5.41, 5.74) is 4.41. The average molecular weight is 210 g/mol. The van der Waals surface area contributed by atoms with Gasteiger partial charge in [-0.15, -0.1) is 11.3 Å². The number of primary amides is 1. The highest BCUT2D eigenvalue weighted by atomic mass is 32.1. The number of fused-ring (bicyclic) bond motifs is 1. The molecule has 72 valence electrons. The Morgan fingerprint density at radius 2 is 2.29 bits per heavy atom. The Hall–Kier alpha value is -1.82. The van der Waals surface area contributed by atoms with Crippen LogP contribution in [-0.4, -0.2) is 16.0 Å². The Balaban J connectivity index is 2.96. The molecule has 2 aromatic heterocycles. The number of thiophene rings is 1. The van der Waals surface area contributed by atoms with Crippen LogP contribution in [0.5, 0.6) is 5.75 Å². The lowest BCUT2D eigenvalue weighted by Crippen LogP contribution is -2.23. The highest BCUT2D eigenvalue weighted by Crippen LogP contribution is 2.28. The van der Waals surface area contributed by atoms with E-state index in [4.69, 9.17) is 5.73 Å². The van der Waals surface area contributed by atoms with Crippen LogP contribution in [0.25, 0.3) is 10.2 Å². The van der Waals surface area contributed by atoms with Gasteiger partial charge in [0.05, 0.1) is 10.2 Å². The van der Waals surface area contributed by atoms with Crippen LogP contribution in [0.15, 0.2) is 16.2 Å². The quantitative estimate of drug-likeness (QED) is 0.635. The van der Waals surface area contributed by atoms with Crippen LogP contribution >= 0.6 is 11.3 Å². The number of rotatable bonds is 1. The number of carbonyl (C=O) groups is 1. The van der Waals surface area contributed by atoms with Crippen LogP contribution in [0.4, 0.5) is 0 Å². The lowest BCUT2D eigenvalue weighted by atomic mass is 10.2. The number of hydrogen-bond donors (Lipinski definition) is 3. The first kappa shape index (κ1) is 8.76. The molecule has 0 saturated heterocycles. The van der Waals surface area contributed by atoms with E-state index in [2.05, 4.69) is 4.98 Å². The normalized spacial score (nSPS) is 10.6. The third-order valence-electron chi connectivity index (χ3n) is 1.84. The summed E-state index contributed by atoms with van der Waals surface area (Å²) in [6.07, 6.45) is 0. The van der Waals surface area contributed by atoms with Gasteiger partial charge in [0, 0.05) is 0 Å². The smallest absolute Gasteiger partial charge is 0.265 e. The third kappa shape index (κ3) is 1.08. The van der Waals surface area contributed by atoms with Gasteiger partial charge < -0.3 is 15.8 Å². The Bertz CT molecular complexity index is 569. The Kier molecular flexibility index (Phi) is 1.78. The number of nitrogens with two attached hydrogens (primary N) is 1. The van der Waals surface area contributed by atoms with E-state index in [0.29, 0.717) is 10.2 Å². The Morgan fingerprint density at radius 1 is 1.57 bits per heavy atom. The van der Waals surface area contributed by atoms with Crippen LogP contribution in [0.2, 0.25) is 0 Å². The first-order valence-corrected chi connectivity index (χ1v) is 4.61. The lowest BCUT2D eigenvalue weighted by molar-refractivity contribution is 0.0996. The summed E-state index contributed by atoms with van der Waals surface area (Å²) in [6.45, 7) is 0. The number of carbonyl (C=O) groups excluding carboxylic acids is 1. The van der Waals surface area contributed by atoms with E-state index in [1.54, 1.807) is 11.4 Å². The van der Waals surface area contributed by atoms with Crippen LogP contribution < -0.4 is 11.3 Å². The second kappa shape index (κ2) is 2.85. The Morgan fingerprint density at radius 3 is 2.93 bits per heavy atom. The molecule has 0 aliphatic heterocycles. The fourth-order valence-corrected chi connectivity index (χ4v) is 2.03. The molecule has 0 aliphatic rings. The highest BCUT2D eigenvalue weighted by Gasteiger charge is 2.16. The van der Waals surface area contributed by atoms with Crippen molar-refractivity contribution >= 4 is 27.5 Å². The topological polar surface area (TPSA) is 96.2 Å². The van der Waals surface area contributed by atoms with Crippen molar-refractivity contribution in [2.24, 2.45) is 5.73 Å². The summed E-state index contributed by atoms with van der Waals surface area (Å²) in [7, 11) is 0. The molecular weight excluding hydrogens is 204 g/mol. The lowest BCUT2D eigenvalue weighted by Gasteiger charge is -1.99. The van der Waals surface area contributed by atoms with Crippen LogP contribution in [0.3, 0.4) is 0 Å². The molecule has 0 radical (unpaired) electrons. The van der Waals surface area contributed by atoms with E-state index in [9.17, 15) is 14.7 Å². The molecular formula is C8H6N2O3S. The number of amides is 1. The van der Waals surface area contributed by atoms with Gasteiger partial charge >= 0.3 is 0 Å². The van der Waals surface area contributed by atoms with Crippen molar-refractivity contribution < 1.29 is 9.90 Å². The van der Waals surface area contributed by atoms with Crippen molar-refractivity contribution in [3.05, 3.63) is 27.4 Å². The molecule has 4 N–H and O–H groups in total. The minimum absolute atomic E-state index is 0.341. The SMILES string of the molecule is NC(=O)c1c(O)c2sccc2[nH]c1=O. The average Bonchev–Trinajstić information content (AvgIpc) is 2.50. The fraction of sp³-hybridized carbons (Fsp3) is 0. The first-order valence-electron chi connectivity index (χ1n) is 3.73. The number of aromatic amines is 1. The maximum Gasteiger partial charge on any atom is 0.265 e. The maximum absolute atomic E-state index is 11.3. The predicted octanol–water partition coefficient (Wildman–Crippen LogP) is 0.394. The molecule has 5 nitrogen and oxygen atoms in total. The van der Waals surface area contributed by atoms with Crippen LogP contribution in [-0.2, 0) is 0 Å².